The molecule has 0 bridgehead atoms. The Morgan fingerprint density at radius 3 is 2.67 bits per heavy atom. The van der Waals surface area contributed by atoms with Gasteiger partial charge in [-0.25, -0.2) is 4.99 Å². The zero-order valence-electron chi connectivity index (χ0n) is 10.5. The number of nitrogens with zero attached hydrogens (tertiary/aromatic N) is 2. The van der Waals surface area contributed by atoms with Gasteiger partial charge in [0.2, 0.25) is 0 Å². The van der Waals surface area contributed by atoms with Crippen LogP contribution < -0.4 is 4.74 Å². The molecule has 3 heteroatoms. The Labute approximate surface area is 107 Å². The van der Waals surface area contributed by atoms with Crippen LogP contribution in [0.5, 0.6) is 5.75 Å². The Kier molecular flexibility index (Phi) is 3.78. The van der Waals surface area contributed by atoms with Crippen molar-refractivity contribution in [1.82, 2.24) is 0 Å². The van der Waals surface area contributed by atoms with E-state index < -0.39 is 0 Å². The van der Waals surface area contributed by atoms with E-state index in [0.29, 0.717) is 0 Å². The molecule has 0 atom stereocenters. The van der Waals surface area contributed by atoms with Gasteiger partial charge < -0.3 is 4.74 Å². The number of allylic oxidation sites excluding steroid dienone is 1. The highest BCUT2D eigenvalue weighted by Crippen LogP contribution is 2.29. The minimum Gasteiger partial charge on any atom is -0.493 e. The summed E-state index contributed by atoms with van der Waals surface area (Å²) < 4.78 is 5.66. The van der Waals surface area contributed by atoms with Crippen molar-refractivity contribution in [2.45, 2.75) is 19.8 Å². The van der Waals surface area contributed by atoms with Crippen LogP contribution >= 0.6 is 0 Å². The molecule has 0 aromatic heterocycles. The number of nitriles is 1. The summed E-state index contributed by atoms with van der Waals surface area (Å²) in [6.45, 7) is 6.22. The summed E-state index contributed by atoms with van der Waals surface area (Å²) in [5.74, 6) is 1.64. The van der Waals surface area contributed by atoms with Gasteiger partial charge in [0.25, 0.3) is 0 Å². The third-order valence-electron chi connectivity index (χ3n) is 2.89. The van der Waals surface area contributed by atoms with E-state index >= 15 is 0 Å². The van der Waals surface area contributed by atoms with E-state index in [1.807, 2.05) is 37.3 Å². The van der Waals surface area contributed by atoms with Gasteiger partial charge in [-0.1, -0.05) is 6.58 Å². The molecule has 0 amide bonds. The van der Waals surface area contributed by atoms with E-state index in [0.717, 1.165) is 29.5 Å². The summed E-state index contributed by atoms with van der Waals surface area (Å²) in [5.41, 5.74) is 1.99. The Balaban J connectivity index is 1.99. The average Bonchev–Trinajstić information content (AvgIpc) is 3.20. The lowest BCUT2D eigenvalue weighted by Crippen LogP contribution is -2.00. The average molecular weight is 240 g/mol. The van der Waals surface area contributed by atoms with Crippen molar-refractivity contribution in [1.29, 1.82) is 5.26 Å². The van der Waals surface area contributed by atoms with E-state index in [-0.39, 0.29) is 5.70 Å². The third kappa shape index (κ3) is 3.46. The summed E-state index contributed by atoms with van der Waals surface area (Å²) >= 11 is 0. The second-order valence-corrected chi connectivity index (χ2v) is 4.53. The normalized spacial score (nSPS) is 15.0. The van der Waals surface area contributed by atoms with Crippen LogP contribution in [0.3, 0.4) is 0 Å². The predicted molar refractivity (Wildman–Crippen MR) is 71.6 cm³/mol. The molecule has 0 saturated heterocycles. The fourth-order valence-corrected chi connectivity index (χ4v) is 1.58. The zero-order valence-corrected chi connectivity index (χ0v) is 10.5. The van der Waals surface area contributed by atoms with Crippen LogP contribution in [0.4, 0.5) is 0 Å². The molecule has 1 fully saturated rings. The van der Waals surface area contributed by atoms with Crippen molar-refractivity contribution >= 4 is 5.71 Å². The highest BCUT2D eigenvalue weighted by atomic mass is 16.5. The van der Waals surface area contributed by atoms with Gasteiger partial charge in [-0.05, 0) is 55.5 Å². The molecule has 0 spiro atoms. The lowest BCUT2D eigenvalue weighted by Gasteiger charge is -2.06. The summed E-state index contributed by atoms with van der Waals surface area (Å²) in [4.78, 5) is 4.10. The fraction of sp³-hybridized carbons (Fsp3) is 0.333. The molecule has 1 aliphatic rings. The number of rotatable bonds is 5. The summed E-state index contributed by atoms with van der Waals surface area (Å²) in [7, 11) is 0. The quantitative estimate of drug-likeness (QED) is 0.585. The smallest absolute Gasteiger partial charge is 0.133 e. The number of aliphatic imine (C=N–C) groups is 1. The van der Waals surface area contributed by atoms with Crippen molar-refractivity contribution in [2.75, 3.05) is 6.61 Å². The van der Waals surface area contributed by atoms with E-state index in [4.69, 9.17) is 10.00 Å². The second kappa shape index (κ2) is 5.50. The molecule has 1 aromatic rings. The van der Waals surface area contributed by atoms with Crippen molar-refractivity contribution < 1.29 is 4.74 Å². The molecule has 0 N–H and O–H groups in total. The standard InChI is InChI=1S/C15H16N2O/c1-11(9-16)17-12(2)14-5-7-15(8-6-14)18-10-13-3-4-13/h5-8,13H,1,3-4,10H2,2H3. The third-order valence-corrected chi connectivity index (χ3v) is 2.89. The molecule has 2 rings (SSSR count). The largest absolute Gasteiger partial charge is 0.493 e. The zero-order chi connectivity index (χ0) is 13.0. The lowest BCUT2D eigenvalue weighted by atomic mass is 10.1. The Hall–Kier alpha value is -2.08. The maximum Gasteiger partial charge on any atom is 0.133 e. The van der Waals surface area contributed by atoms with E-state index in [1.165, 1.54) is 12.8 Å². The molecular formula is C15H16N2O. The summed E-state index contributed by atoms with van der Waals surface area (Å²) in [5, 5.41) is 8.63. The Bertz CT molecular complexity index is 504. The molecular weight excluding hydrogens is 224 g/mol. The number of ether oxygens (including phenoxy) is 1. The van der Waals surface area contributed by atoms with Gasteiger partial charge in [0.1, 0.15) is 17.5 Å². The number of hydrogen-bond donors (Lipinski definition) is 0. The first kappa shape index (κ1) is 12.4. The monoisotopic (exact) mass is 240 g/mol. The Morgan fingerprint density at radius 1 is 1.44 bits per heavy atom. The minimum atomic E-state index is 0.224. The lowest BCUT2D eigenvalue weighted by molar-refractivity contribution is 0.300. The van der Waals surface area contributed by atoms with Crippen molar-refractivity contribution in [3.05, 3.63) is 42.1 Å². The molecule has 1 aromatic carbocycles. The molecule has 0 aliphatic heterocycles. The summed E-state index contributed by atoms with van der Waals surface area (Å²) in [6, 6.07) is 9.68. The maximum atomic E-state index is 8.63. The van der Waals surface area contributed by atoms with Crippen molar-refractivity contribution in [3.8, 4) is 11.8 Å². The van der Waals surface area contributed by atoms with Crippen LogP contribution in [0.2, 0.25) is 0 Å². The molecule has 18 heavy (non-hydrogen) atoms. The van der Waals surface area contributed by atoms with Gasteiger partial charge in [-0.3, -0.25) is 0 Å². The SMILES string of the molecule is C=C(C#N)N=C(C)c1ccc(OCC2CC2)cc1. The van der Waals surface area contributed by atoms with E-state index in [9.17, 15) is 0 Å². The topological polar surface area (TPSA) is 45.4 Å². The van der Waals surface area contributed by atoms with Crippen LogP contribution in [0.1, 0.15) is 25.3 Å². The highest BCUT2D eigenvalue weighted by Gasteiger charge is 2.21. The molecule has 92 valence electrons. The van der Waals surface area contributed by atoms with E-state index in [2.05, 4.69) is 11.6 Å². The van der Waals surface area contributed by atoms with Gasteiger partial charge in [-0.2, -0.15) is 5.26 Å². The molecule has 1 saturated carbocycles. The molecule has 0 heterocycles. The van der Waals surface area contributed by atoms with Crippen LogP contribution in [-0.2, 0) is 0 Å². The first-order valence-corrected chi connectivity index (χ1v) is 6.06. The van der Waals surface area contributed by atoms with Gasteiger partial charge in [0, 0.05) is 5.71 Å². The molecule has 3 nitrogen and oxygen atoms in total. The maximum absolute atomic E-state index is 8.63. The van der Waals surface area contributed by atoms with Crippen molar-refractivity contribution in [2.24, 2.45) is 10.9 Å². The molecule has 1 aliphatic carbocycles. The second-order valence-electron chi connectivity index (χ2n) is 4.53. The molecule has 0 radical (unpaired) electrons. The van der Waals surface area contributed by atoms with Gasteiger partial charge in [0.05, 0.1) is 6.61 Å². The van der Waals surface area contributed by atoms with Crippen molar-refractivity contribution in [3.63, 3.8) is 0 Å². The first-order chi connectivity index (χ1) is 8.69. The number of hydrogen-bond acceptors (Lipinski definition) is 3. The fourth-order valence-electron chi connectivity index (χ4n) is 1.58. The molecule has 0 unspecified atom stereocenters. The van der Waals surface area contributed by atoms with Crippen LogP contribution in [0.25, 0.3) is 0 Å². The Morgan fingerprint density at radius 2 is 2.11 bits per heavy atom. The predicted octanol–water partition coefficient (Wildman–Crippen LogP) is 3.32. The number of benzene rings is 1. The van der Waals surface area contributed by atoms with E-state index in [1.54, 1.807) is 0 Å². The van der Waals surface area contributed by atoms with Crippen LogP contribution in [-0.4, -0.2) is 12.3 Å². The highest BCUT2D eigenvalue weighted by molar-refractivity contribution is 5.99. The van der Waals surface area contributed by atoms with Gasteiger partial charge in [-0.15, -0.1) is 0 Å². The van der Waals surface area contributed by atoms with Gasteiger partial charge >= 0.3 is 0 Å². The summed E-state index contributed by atoms with van der Waals surface area (Å²) in [6.07, 6.45) is 2.58. The van der Waals surface area contributed by atoms with Gasteiger partial charge in [0.15, 0.2) is 0 Å². The van der Waals surface area contributed by atoms with Crippen LogP contribution in [0, 0.1) is 17.2 Å². The first-order valence-electron chi connectivity index (χ1n) is 6.06. The van der Waals surface area contributed by atoms with Crippen LogP contribution in [0.15, 0.2) is 41.5 Å². The minimum absolute atomic E-state index is 0.224.